The highest BCUT2D eigenvalue weighted by atomic mass is 16.5. The van der Waals surface area contributed by atoms with Crippen LogP contribution in [0.5, 0.6) is 11.5 Å². The van der Waals surface area contributed by atoms with Crippen molar-refractivity contribution in [2.45, 2.75) is 6.04 Å². The molecule has 5 heteroatoms. The van der Waals surface area contributed by atoms with E-state index in [1.54, 1.807) is 31.4 Å². The van der Waals surface area contributed by atoms with Gasteiger partial charge in [-0.05, 0) is 24.3 Å². The Kier molecular flexibility index (Phi) is 3.93. The standard InChI is InChI=1S/C10H14N2O3/c1-14-7-2-4-8(5-3-7)15-6-9(11)10(12)13/h2-5,9H,6,11H2,1H3,(H2,12,13). The average Bonchev–Trinajstić information content (AvgIpc) is 2.26. The van der Waals surface area contributed by atoms with Crippen LogP contribution in [-0.2, 0) is 4.79 Å². The number of methoxy groups -OCH3 is 1. The van der Waals surface area contributed by atoms with E-state index in [0.29, 0.717) is 5.75 Å². The number of hydrogen-bond donors (Lipinski definition) is 2. The maximum absolute atomic E-state index is 10.6. The summed E-state index contributed by atoms with van der Waals surface area (Å²) in [5.41, 5.74) is 10.4. The molecule has 0 aliphatic heterocycles. The SMILES string of the molecule is COc1ccc(OCC(N)C(N)=O)cc1. The predicted molar refractivity (Wildman–Crippen MR) is 55.7 cm³/mol. The number of hydrogen-bond acceptors (Lipinski definition) is 4. The van der Waals surface area contributed by atoms with E-state index in [0.717, 1.165) is 5.75 Å². The summed E-state index contributed by atoms with van der Waals surface area (Å²) in [5.74, 6) is 0.776. The summed E-state index contributed by atoms with van der Waals surface area (Å²) in [7, 11) is 1.58. The van der Waals surface area contributed by atoms with E-state index >= 15 is 0 Å². The third kappa shape index (κ3) is 3.47. The van der Waals surface area contributed by atoms with Crippen LogP contribution in [0.4, 0.5) is 0 Å². The number of ether oxygens (including phenoxy) is 2. The Morgan fingerprint density at radius 2 is 1.87 bits per heavy atom. The number of amides is 1. The summed E-state index contributed by atoms with van der Waals surface area (Å²) in [6, 6.07) is 6.18. The maximum Gasteiger partial charge on any atom is 0.237 e. The monoisotopic (exact) mass is 210 g/mol. The van der Waals surface area contributed by atoms with Gasteiger partial charge in [-0.2, -0.15) is 0 Å². The first-order chi connectivity index (χ1) is 7.13. The highest BCUT2D eigenvalue weighted by Gasteiger charge is 2.09. The molecule has 0 saturated heterocycles. The molecule has 1 aromatic rings. The molecule has 0 aromatic heterocycles. The van der Waals surface area contributed by atoms with E-state index in [-0.39, 0.29) is 6.61 Å². The lowest BCUT2D eigenvalue weighted by atomic mass is 10.3. The van der Waals surface area contributed by atoms with Crippen LogP contribution >= 0.6 is 0 Å². The molecule has 1 aromatic carbocycles. The predicted octanol–water partition coefficient (Wildman–Crippen LogP) is -0.113. The number of carbonyl (C=O) groups excluding carboxylic acids is 1. The van der Waals surface area contributed by atoms with Gasteiger partial charge in [0.1, 0.15) is 24.1 Å². The summed E-state index contributed by atoms with van der Waals surface area (Å²) in [6.45, 7) is 0.0711. The molecule has 1 atom stereocenters. The minimum atomic E-state index is -0.785. The molecule has 15 heavy (non-hydrogen) atoms. The zero-order valence-corrected chi connectivity index (χ0v) is 8.47. The smallest absolute Gasteiger partial charge is 0.237 e. The first kappa shape index (κ1) is 11.3. The fraction of sp³-hybridized carbons (Fsp3) is 0.300. The zero-order chi connectivity index (χ0) is 11.3. The fourth-order valence-corrected chi connectivity index (χ4v) is 0.940. The summed E-state index contributed by atoms with van der Waals surface area (Å²) in [4.78, 5) is 10.6. The number of nitrogens with two attached hydrogens (primary N) is 2. The van der Waals surface area contributed by atoms with Crippen molar-refractivity contribution in [3.05, 3.63) is 24.3 Å². The molecular formula is C10H14N2O3. The molecule has 0 heterocycles. The van der Waals surface area contributed by atoms with Gasteiger partial charge in [0.25, 0.3) is 0 Å². The molecule has 0 bridgehead atoms. The lowest BCUT2D eigenvalue weighted by Crippen LogP contribution is -2.41. The number of primary amides is 1. The van der Waals surface area contributed by atoms with E-state index in [4.69, 9.17) is 20.9 Å². The van der Waals surface area contributed by atoms with Gasteiger partial charge >= 0.3 is 0 Å². The van der Waals surface area contributed by atoms with Crippen molar-refractivity contribution in [3.63, 3.8) is 0 Å². The van der Waals surface area contributed by atoms with Crippen LogP contribution in [0.1, 0.15) is 0 Å². The summed E-state index contributed by atoms with van der Waals surface area (Å²) < 4.78 is 10.2. The molecule has 0 spiro atoms. The van der Waals surface area contributed by atoms with Gasteiger partial charge in [0, 0.05) is 0 Å². The maximum atomic E-state index is 10.6. The molecule has 0 fully saturated rings. The Morgan fingerprint density at radius 1 is 1.33 bits per heavy atom. The molecule has 1 amide bonds. The summed E-state index contributed by atoms with van der Waals surface area (Å²) >= 11 is 0. The molecule has 1 unspecified atom stereocenters. The number of carbonyl (C=O) groups is 1. The van der Waals surface area contributed by atoms with Crippen molar-refractivity contribution < 1.29 is 14.3 Å². The Balaban J connectivity index is 2.47. The van der Waals surface area contributed by atoms with Crippen LogP contribution in [0.3, 0.4) is 0 Å². The molecule has 0 aliphatic carbocycles. The second-order valence-electron chi connectivity index (χ2n) is 3.00. The molecule has 82 valence electrons. The van der Waals surface area contributed by atoms with Gasteiger partial charge in [-0.3, -0.25) is 4.79 Å². The van der Waals surface area contributed by atoms with Crippen molar-refractivity contribution in [3.8, 4) is 11.5 Å². The quantitative estimate of drug-likeness (QED) is 0.709. The van der Waals surface area contributed by atoms with Gasteiger partial charge in [-0.25, -0.2) is 0 Å². The fourth-order valence-electron chi connectivity index (χ4n) is 0.940. The Hall–Kier alpha value is -1.75. The van der Waals surface area contributed by atoms with Crippen LogP contribution in [0, 0.1) is 0 Å². The largest absolute Gasteiger partial charge is 0.497 e. The lowest BCUT2D eigenvalue weighted by molar-refractivity contribution is -0.119. The first-order valence-electron chi connectivity index (χ1n) is 4.45. The van der Waals surface area contributed by atoms with E-state index in [1.165, 1.54) is 0 Å². The van der Waals surface area contributed by atoms with Crippen LogP contribution in [0.25, 0.3) is 0 Å². The highest BCUT2D eigenvalue weighted by molar-refractivity contribution is 5.79. The molecule has 5 nitrogen and oxygen atoms in total. The molecular weight excluding hydrogens is 196 g/mol. The van der Waals surface area contributed by atoms with Gasteiger partial charge in [0.05, 0.1) is 7.11 Å². The third-order valence-corrected chi connectivity index (χ3v) is 1.85. The lowest BCUT2D eigenvalue weighted by Gasteiger charge is -2.10. The Labute approximate surface area is 88.0 Å². The van der Waals surface area contributed by atoms with Gasteiger partial charge < -0.3 is 20.9 Å². The van der Waals surface area contributed by atoms with E-state index < -0.39 is 11.9 Å². The van der Waals surface area contributed by atoms with Crippen molar-refractivity contribution >= 4 is 5.91 Å². The minimum absolute atomic E-state index is 0.0711. The summed E-state index contributed by atoms with van der Waals surface area (Å²) in [5, 5.41) is 0. The number of benzene rings is 1. The van der Waals surface area contributed by atoms with Crippen LogP contribution in [0.2, 0.25) is 0 Å². The highest BCUT2D eigenvalue weighted by Crippen LogP contribution is 2.16. The summed E-state index contributed by atoms with van der Waals surface area (Å²) in [6.07, 6.45) is 0. The first-order valence-corrected chi connectivity index (χ1v) is 4.45. The van der Waals surface area contributed by atoms with Gasteiger partial charge in [0.2, 0.25) is 5.91 Å². The average molecular weight is 210 g/mol. The van der Waals surface area contributed by atoms with E-state index in [1.807, 2.05) is 0 Å². The van der Waals surface area contributed by atoms with Crippen LogP contribution < -0.4 is 20.9 Å². The Bertz CT molecular complexity index is 324. The van der Waals surface area contributed by atoms with Crippen molar-refractivity contribution in [1.29, 1.82) is 0 Å². The molecule has 0 saturated carbocycles. The molecule has 0 aliphatic rings. The van der Waals surface area contributed by atoms with Crippen LogP contribution in [0.15, 0.2) is 24.3 Å². The van der Waals surface area contributed by atoms with Crippen LogP contribution in [-0.4, -0.2) is 25.7 Å². The molecule has 1 rings (SSSR count). The van der Waals surface area contributed by atoms with E-state index in [9.17, 15) is 4.79 Å². The zero-order valence-electron chi connectivity index (χ0n) is 8.47. The van der Waals surface area contributed by atoms with Gasteiger partial charge in [0.15, 0.2) is 0 Å². The Morgan fingerprint density at radius 3 is 2.33 bits per heavy atom. The third-order valence-electron chi connectivity index (χ3n) is 1.85. The van der Waals surface area contributed by atoms with Crippen molar-refractivity contribution in [1.82, 2.24) is 0 Å². The molecule has 0 radical (unpaired) electrons. The van der Waals surface area contributed by atoms with Gasteiger partial charge in [-0.15, -0.1) is 0 Å². The second-order valence-corrected chi connectivity index (χ2v) is 3.00. The topological polar surface area (TPSA) is 87.6 Å². The minimum Gasteiger partial charge on any atom is -0.497 e. The second kappa shape index (κ2) is 5.21. The number of rotatable bonds is 5. The van der Waals surface area contributed by atoms with Crippen molar-refractivity contribution in [2.75, 3.05) is 13.7 Å². The van der Waals surface area contributed by atoms with Crippen molar-refractivity contribution in [2.24, 2.45) is 11.5 Å². The normalized spacial score (nSPS) is 11.9. The van der Waals surface area contributed by atoms with E-state index in [2.05, 4.69) is 0 Å². The van der Waals surface area contributed by atoms with Gasteiger partial charge in [-0.1, -0.05) is 0 Å². The molecule has 4 N–H and O–H groups in total.